The van der Waals surface area contributed by atoms with Gasteiger partial charge in [-0.05, 0) is 20.0 Å². The van der Waals surface area contributed by atoms with Crippen LogP contribution in [0.5, 0.6) is 0 Å². The van der Waals surface area contributed by atoms with Gasteiger partial charge in [0.15, 0.2) is 0 Å². The molecule has 0 amide bonds. The second-order valence-corrected chi connectivity index (χ2v) is 4.96. The van der Waals surface area contributed by atoms with Gasteiger partial charge in [0.25, 0.3) is 0 Å². The van der Waals surface area contributed by atoms with Crippen LogP contribution in [0.25, 0.3) is 0 Å². The molecule has 0 aliphatic carbocycles. The molecule has 1 unspecified atom stereocenters. The minimum Gasteiger partial charge on any atom is -0.385 e. The summed E-state index contributed by atoms with van der Waals surface area (Å²) in [5.74, 6) is 0. The molecule has 0 aromatic carbocycles. The fourth-order valence-corrected chi connectivity index (χ4v) is 1.48. The van der Waals surface area contributed by atoms with Gasteiger partial charge in [0.05, 0.1) is 0 Å². The molecule has 0 aromatic heterocycles. The minimum absolute atomic E-state index is 0.277. The van der Waals surface area contributed by atoms with E-state index < -0.39 is 21.3 Å². The summed E-state index contributed by atoms with van der Waals surface area (Å²) in [4.78, 5) is 1.51. The van der Waals surface area contributed by atoms with Crippen molar-refractivity contribution >= 4 is 10.1 Å². The molecule has 0 aliphatic rings. The Morgan fingerprint density at radius 3 is 2.20 bits per heavy atom. The molecule has 0 saturated heterocycles. The van der Waals surface area contributed by atoms with Crippen LogP contribution in [0.4, 0.5) is 0 Å². The number of rotatable bonds is 6. The maximum absolute atomic E-state index is 10.5. The number of nitrogens with zero attached hydrogens (tertiary/aromatic N) is 1. The second kappa shape index (κ2) is 5.19. The highest BCUT2D eigenvalue weighted by molar-refractivity contribution is 7.86. The van der Waals surface area contributed by atoms with Crippen molar-refractivity contribution in [2.24, 2.45) is 0 Å². The van der Waals surface area contributed by atoms with Crippen molar-refractivity contribution in [3.05, 3.63) is 0 Å². The molecule has 0 fully saturated rings. The van der Waals surface area contributed by atoms with Crippen LogP contribution in [0.3, 0.4) is 0 Å². The van der Waals surface area contributed by atoms with E-state index in [1.54, 1.807) is 7.05 Å². The van der Waals surface area contributed by atoms with E-state index in [2.05, 4.69) is 0 Å². The van der Waals surface area contributed by atoms with E-state index in [9.17, 15) is 13.5 Å². The summed E-state index contributed by atoms with van der Waals surface area (Å²) in [5, 5.41) is 23.7. The van der Waals surface area contributed by atoms with E-state index in [1.807, 2.05) is 6.92 Å². The summed E-state index contributed by atoms with van der Waals surface area (Å²) in [5.41, 5.74) is 0. The van der Waals surface area contributed by atoms with E-state index in [0.717, 1.165) is 6.42 Å². The van der Waals surface area contributed by atoms with Crippen molar-refractivity contribution in [2.75, 3.05) is 20.1 Å². The molecule has 0 aromatic rings. The first-order chi connectivity index (χ1) is 6.63. The first-order valence-electron chi connectivity index (χ1n) is 4.41. The summed E-state index contributed by atoms with van der Waals surface area (Å²) in [6, 6.07) is 0. The molecule has 0 aliphatic heterocycles. The van der Waals surface area contributed by atoms with Crippen LogP contribution in [-0.2, 0) is 10.1 Å². The van der Waals surface area contributed by atoms with Gasteiger partial charge in [0.2, 0.25) is 0 Å². The van der Waals surface area contributed by atoms with Gasteiger partial charge in [-0.3, -0.25) is 4.55 Å². The Bertz CT molecular complexity index is 288. The number of hydrogen-bond acceptors (Lipinski definition) is 6. The van der Waals surface area contributed by atoms with E-state index in [1.165, 1.54) is 4.90 Å². The van der Waals surface area contributed by atoms with Gasteiger partial charge in [0.1, 0.15) is 6.10 Å². The van der Waals surface area contributed by atoms with E-state index in [-0.39, 0.29) is 6.54 Å². The smallest absolute Gasteiger partial charge is 0.324 e. The van der Waals surface area contributed by atoms with E-state index in [4.69, 9.17) is 14.8 Å². The first kappa shape index (κ1) is 14.8. The van der Waals surface area contributed by atoms with Crippen LogP contribution < -0.4 is 0 Å². The zero-order valence-electron chi connectivity index (χ0n) is 8.66. The number of aliphatic hydroxyl groups excluding tert-OH is 1. The third-order valence-corrected chi connectivity index (χ3v) is 2.94. The van der Waals surface area contributed by atoms with Gasteiger partial charge in [0, 0.05) is 6.54 Å². The zero-order valence-corrected chi connectivity index (χ0v) is 9.48. The van der Waals surface area contributed by atoms with Crippen LogP contribution in [0.2, 0.25) is 0 Å². The predicted octanol–water partition coefficient (Wildman–Crippen LogP) is -1.78. The quantitative estimate of drug-likeness (QED) is 0.321. The Morgan fingerprint density at radius 1 is 1.40 bits per heavy atom. The minimum atomic E-state index is -5.13. The normalized spacial score (nSPS) is 15.7. The molecular weight excluding hydrogens is 226 g/mol. The average Bonchev–Trinajstić information content (AvgIpc) is 2.02. The van der Waals surface area contributed by atoms with Crippen molar-refractivity contribution in [2.45, 2.75) is 24.6 Å². The largest absolute Gasteiger partial charge is 0.385 e. The Balaban J connectivity index is 4.51. The highest BCUT2D eigenvalue weighted by atomic mass is 32.2. The summed E-state index contributed by atoms with van der Waals surface area (Å²) >= 11 is 0. The monoisotopic (exact) mass is 243 g/mol. The van der Waals surface area contributed by atoms with Crippen molar-refractivity contribution < 1.29 is 28.3 Å². The fraction of sp³-hybridized carbons (Fsp3) is 1.00. The van der Waals surface area contributed by atoms with Crippen LogP contribution in [0, 0.1) is 0 Å². The lowest BCUT2D eigenvalue weighted by Crippen LogP contribution is -2.53. The highest BCUT2D eigenvalue weighted by Crippen LogP contribution is 2.14. The third-order valence-electron chi connectivity index (χ3n) is 1.90. The van der Waals surface area contributed by atoms with E-state index >= 15 is 0 Å². The fourth-order valence-electron chi connectivity index (χ4n) is 1.06. The maximum atomic E-state index is 10.5. The third kappa shape index (κ3) is 4.01. The molecule has 7 nitrogen and oxygen atoms in total. The lowest BCUT2D eigenvalue weighted by molar-refractivity contribution is -0.168. The number of likely N-dealkylation sites (N-methyl/N-ethyl adjacent to an activating group) is 1. The predicted molar refractivity (Wildman–Crippen MR) is 52.5 cm³/mol. The molecule has 15 heavy (non-hydrogen) atoms. The van der Waals surface area contributed by atoms with Gasteiger partial charge >= 0.3 is 15.2 Å². The van der Waals surface area contributed by atoms with Gasteiger partial charge in [-0.2, -0.15) is 8.42 Å². The molecular formula is C7H17NO6S. The second-order valence-electron chi connectivity index (χ2n) is 3.41. The Hall–Kier alpha value is -0.250. The van der Waals surface area contributed by atoms with Crippen LogP contribution >= 0.6 is 0 Å². The molecule has 4 N–H and O–H groups in total. The lowest BCUT2D eigenvalue weighted by atomic mass is 10.3. The van der Waals surface area contributed by atoms with Gasteiger partial charge < -0.3 is 20.2 Å². The van der Waals surface area contributed by atoms with Crippen molar-refractivity contribution in [1.82, 2.24) is 4.90 Å². The van der Waals surface area contributed by atoms with Gasteiger partial charge in [-0.15, -0.1) is 0 Å². The van der Waals surface area contributed by atoms with Crippen molar-refractivity contribution in [3.63, 3.8) is 0 Å². The van der Waals surface area contributed by atoms with Gasteiger partial charge in [-0.25, -0.2) is 0 Å². The number of aliphatic hydroxyl groups is 3. The standard InChI is InChI=1S/C7H17NO6S/c1-3-4-8(2)5-6(9)7(10,11)15(12,13)14/h6,9-11H,3-5H2,1-2H3,(H,12,13,14). The lowest BCUT2D eigenvalue weighted by Gasteiger charge is -2.27. The maximum Gasteiger partial charge on any atom is 0.324 e. The molecule has 8 heteroatoms. The number of hydrogen-bond donors (Lipinski definition) is 4. The van der Waals surface area contributed by atoms with Crippen molar-refractivity contribution in [1.29, 1.82) is 0 Å². The summed E-state index contributed by atoms with van der Waals surface area (Å²) in [6.45, 7) is 2.15. The molecule has 0 bridgehead atoms. The van der Waals surface area contributed by atoms with Crippen molar-refractivity contribution in [3.8, 4) is 0 Å². The molecule has 0 heterocycles. The van der Waals surface area contributed by atoms with Gasteiger partial charge in [-0.1, -0.05) is 6.92 Å². The molecule has 0 radical (unpaired) electrons. The van der Waals surface area contributed by atoms with Crippen LogP contribution in [0.15, 0.2) is 0 Å². The Labute approximate surface area is 88.7 Å². The molecule has 0 saturated carbocycles. The van der Waals surface area contributed by atoms with Crippen LogP contribution in [-0.4, -0.2) is 64.6 Å². The topological polar surface area (TPSA) is 118 Å². The zero-order chi connectivity index (χ0) is 12.3. The van der Waals surface area contributed by atoms with Crippen LogP contribution in [0.1, 0.15) is 13.3 Å². The SMILES string of the molecule is CCCN(C)CC(O)C(O)(O)S(=O)(=O)O. The Kier molecular flexibility index (Phi) is 5.10. The summed E-state index contributed by atoms with van der Waals surface area (Å²) in [7, 11) is -3.55. The molecule has 0 spiro atoms. The summed E-state index contributed by atoms with van der Waals surface area (Å²) in [6.07, 6.45) is -1.23. The first-order valence-corrected chi connectivity index (χ1v) is 5.85. The Morgan fingerprint density at radius 2 is 1.87 bits per heavy atom. The molecule has 0 rings (SSSR count). The van der Waals surface area contributed by atoms with E-state index in [0.29, 0.717) is 6.54 Å². The highest BCUT2D eigenvalue weighted by Gasteiger charge is 2.46. The molecule has 1 atom stereocenters. The average molecular weight is 243 g/mol. The summed E-state index contributed by atoms with van der Waals surface area (Å²) < 4.78 is 29.5. The molecule has 92 valence electrons.